The maximum atomic E-state index is 13.9. The van der Waals surface area contributed by atoms with Gasteiger partial charge in [0.15, 0.2) is 0 Å². The first-order valence-electron chi connectivity index (χ1n) is 11.5. The van der Waals surface area contributed by atoms with Crippen molar-refractivity contribution < 1.29 is 9.59 Å². The highest BCUT2D eigenvalue weighted by molar-refractivity contribution is 6.36. The summed E-state index contributed by atoms with van der Waals surface area (Å²) in [4.78, 5) is 28.9. The lowest BCUT2D eigenvalue weighted by atomic mass is 10.0. The van der Waals surface area contributed by atoms with Gasteiger partial charge in [0.05, 0.1) is 33.5 Å². The molecule has 0 saturated carbocycles. The monoisotopic (exact) mass is 444 g/mol. The topological polar surface area (TPSA) is 42.3 Å². The number of hydrogen-bond acceptors (Lipinski definition) is 2. The molecule has 0 aliphatic carbocycles. The molecule has 4 heteroatoms. The van der Waals surface area contributed by atoms with Gasteiger partial charge in [-0.15, -0.1) is 0 Å². The summed E-state index contributed by atoms with van der Waals surface area (Å²) in [6.07, 6.45) is 0. The van der Waals surface area contributed by atoms with Crippen LogP contribution in [0.1, 0.15) is 43.0 Å². The lowest BCUT2D eigenvalue weighted by Crippen LogP contribution is -2.31. The second kappa shape index (κ2) is 7.16. The Morgan fingerprint density at radius 3 is 2.09 bits per heavy atom. The van der Waals surface area contributed by atoms with Crippen LogP contribution in [-0.4, -0.2) is 16.4 Å². The Morgan fingerprint density at radius 2 is 1.32 bits per heavy atom. The largest absolute Gasteiger partial charge is 0.308 e. The summed E-state index contributed by atoms with van der Waals surface area (Å²) in [5.74, 6) is -0.544. The number of nitrogens with zero attached hydrogens (tertiary/aromatic N) is 2. The lowest BCUT2D eigenvalue weighted by molar-refractivity contribution is 0.0925. The van der Waals surface area contributed by atoms with Crippen LogP contribution in [0.25, 0.3) is 27.5 Å². The summed E-state index contributed by atoms with van der Waals surface area (Å²) >= 11 is 0. The summed E-state index contributed by atoms with van der Waals surface area (Å²) < 4.78 is 2.12. The van der Waals surface area contributed by atoms with Gasteiger partial charge in [-0.25, -0.2) is 4.90 Å². The number of amides is 2. The molecule has 0 unspecified atom stereocenters. The molecule has 1 aromatic heterocycles. The van der Waals surface area contributed by atoms with Gasteiger partial charge in [-0.2, -0.15) is 0 Å². The van der Waals surface area contributed by atoms with Crippen LogP contribution in [0, 0.1) is 27.7 Å². The molecule has 0 spiro atoms. The van der Waals surface area contributed by atoms with Crippen LogP contribution < -0.4 is 4.90 Å². The minimum atomic E-state index is -0.274. The van der Waals surface area contributed by atoms with Gasteiger partial charge in [0.25, 0.3) is 11.8 Å². The van der Waals surface area contributed by atoms with Gasteiger partial charge in [0.1, 0.15) is 0 Å². The van der Waals surface area contributed by atoms with Gasteiger partial charge in [-0.1, -0.05) is 53.6 Å². The minimum Gasteiger partial charge on any atom is -0.308 e. The molecule has 4 aromatic carbocycles. The molecule has 0 atom stereocenters. The third-order valence-electron chi connectivity index (χ3n) is 6.82. The molecule has 2 heterocycles. The second-order valence-electron chi connectivity index (χ2n) is 9.27. The zero-order valence-electron chi connectivity index (χ0n) is 19.6. The second-order valence-corrected chi connectivity index (χ2v) is 9.27. The van der Waals surface area contributed by atoms with Crippen molar-refractivity contribution in [3.05, 3.63) is 106 Å². The molecule has 0 saturated heterocycles. The maximum Gasteiger partial charge on any atom is 0.268 e. The first kappa shape index (κ1) is 20.4. The SMILES string of the molecule is Cc1cc(C)c(N2C(=O)c3cccc(-n4c5ccccc5c5cc(C)ccc54)c3C2=O)c(C)c1. The van der Waals surface area contributed by atoms with Gasteiger partial charge >= 0.3 is 0 Å². The predicted octanol–water partition coefficient (Wildman–Crippen LogP) is 6.82. The van der Waals surface area contributed by atoms with Crippen LogP contribution in [0.2, 0.25) is 0 Å². The molecule has 1 aliphatic heterocycles. The number of carbonyl (C=O) groups excluding carboxylic acids is 2. The minimum absolute atomic E-state index is 0.270. The zero-order valence-corrected chi connectivity index (χ0v) is 19.6. The number of carbonyl (C=O) groups is 2. The molecule has 0 N–H and O–H groups in total. The molecule has 0 bridgehead atoms. The highest BCUT2D eigenvalue weighted by Crippen LogP contribution is 2.39. The van der Waals surface area contributed by atoms with E-state index in [0.717, 1.165) is 44.2 Å². The summed E-state index contributed by atoms with van der Waals surface area (Å²) in [6, 6.07) is 24.2. The quantitative estimate of drug-likeness (QED) is 0.280. The van der Waals surface area contributed by atoms with Crippen molar-refractivity contribution in [3.63, 3.8) is 0 Å². The van der Waals surface area contributed by atoms with Crippen LogP contribution in [0.4, 0.5) is 5.69 Å². The number of benzene rings is 4. The Balaban J connectivity index is 1.64. The maximum absolute atomic E-state index is 13.9. The lowest BCUT2D eigenvalue weighted by Gasteiger charge is -2.20. The van der Waals surface area contributed by atoms with Gasteiger partial charge in [0.2, 0.25) is 0 Å². The van der Waals surface area contributed by atoms with Crippen LogP contribution in [0.15, 0.2) is 72.8 Å². The van der Waals surface area contributed by atoms with E-state index in [1.54, 1.807) is 6.07 Å². The van der Waals surface area contributed by atoms with Gasteiger partial charge in [-0.05, 0) is 69.2 Å². The highest BCUT2D eigenvalue weighted by Gasteiger charge is 2.40. The molecule has 166 valence electrons. The van der Waals surface area contributed by atoms with Crippen molar-refractivity contribution in [1.82, 2.24) is 4.57 Å². The molecule has 1 aliphatic rings. The van der Waals surface area contributed by atoms with E-state index in [0.29, 0.717) is 16.8 Å². The Hall–Kier alpha value is -4.18. The third-order valence-corrected chi connectivity index (χ3v) is 6.82. The number of hydrogen-bond donors (Lipinski definition) is 0. The van der Waals surface area contributed by atoms with Crippen molar-refractivity contribution >= 4 is 39.3 Å². The summed E-state index contributed by atoms with van der Waals surface area (Å²) in [5, 5.41) is 2.25. The fourth-order valence-electron chi connectivity index (χ4n) is 5.53. The molecule has 0 radical (unpaired) electrons. The van der Waals surface area contributed by atoms with E-state index in [1.807, 2.05) is 57.2 Å². The van der Waals surface area contributed by atoms with Crippen molar-refractivity contribution in [2.75, 3.05) is 4.90 Å². The van der Waals surface area contributed by atoms with Gasteiger partial charge in [0, 0.05) is 10.8 Å². The molecular formula is C30H24N2O2. The third kappa shape index (κ3) is 2.72. The van der Waals surface area contributed by atoms with Crippen LogP contribution in [-0.2, 0) is 0 Å². The first-order chi connectivity index (χ1) is 16.4. The van der Waals surface area contributed by atoms with Crippen molar-refractivity contribution in [2.45, 2.75) is 27.7 Å². The van der Waals surface area contributed by atoms with E-state index in [2.05, 4.69) is 41.8 Å². The van der Waals surface area contributed by atoms with Crippen molar-refractivity contribution in [3.8, 4) is 5.69 Å². The average Bonchev–Trinajstić information content (AvgIpc) is 3.26. The average molecular weight is 445 g/mol. The highest BCUT2D eigenvalue weighted by atomic mass is 16.2. The molecule has 2 amide bonds. The van der Waals surface area contributed by atoms with Gasteiger partial charge < -0.3 is 4.57 Å². The Labute approximate surface area is 198 Å². The Bertz CT molecular complexity index is 1670. The molecular weight excluding hydrogens is 420 g/mol. The molecule has 4 nitrogen and oxygen atoms in total. The molecule has 5 aromatic rings. The predicted molar refractivity (Wildman–Crippen MR) is 137 cm³/mol. The fourth-order valence-corrected chi connectivity index (χ4v) is 5.53. The van der Waals surface area contributed by atoms with E-state index < -0.39 is 0 Å². The van der Waals surface area contributed by atoms with Crippen LogP contribution in [0.3, 0.4) is 0 Å². The zero-order chi connectivity index (χ0) is 23.7. The van der Waals surface area contributed by atoms with E-state index >= 15 is 0 Å². The number of imide groups is 1. The van der Waals surface area contributed by atoms with Crippen LogP contribution in [0.5, 0.6) is 0 Å². The normalized spacial score (nSPS) is 13.4. The van der Waals surface area contributed by atoms with Gasteiger partial charge in [-0.3, -0.25) is 9.59 Å². The molecule has 0 fully saturated rings. The number of fused-ring (bicyclic) bond motifs is 4. The van der Waals surface area contributed by atoms with Crippen LogP contribution >= 0.6 is 0 Å². The summed E-state index contributed by atoms with van der Waals surface area (Å²) in [5.41, 5.74) is 8.46. The van der Waals surface area contributed by atoms with E-state index in [1.165, 1.54) is 10.5 Å². The van der Waals surface area contributed by atoms with E-state index in [4.69, 9.17) is 0 Å². The fraction of sp³-hybridized carbons (Fsp3) is 0.133. The Morgan fingerprint density at radius 1 is 0.618 bits per heavy atom. The number of rotatable bonds is 2. The Kier molecular flexibility index (Phi) is 4.30. The number of aromatic nitrogens is 1. The first-order valence-corrected chi connectivity index (χ1v) is 11.5. The van der Waals surface area contributed by atoms with Crippen molar-refractivity contribution in [1.29, 1.82) is 0 Å². The number of para-hydroxylation sites is 1. The summed E-state index contributed by atoms with van der Waals surface area (Å²) in [7, 11) is 0. The molecule has 6 rings (SSSR count). The molecule has 34 heavy (non-hydrogen) atoms. The smallest absolute Gasteiger partial charge is 0.268 e. The number of anilines is 1. The number of aryl methyl sites for hydroxylation is 4. The van der Waals surface area contributed by atoms with E-state index in [-0.39, 0.29) is 11.8 Å². The van der Waals surface area contributed by atoms with E-state index in [9.17, 15) is 9.59 Å². The summed E-state index contributed by atoms with van der Waals surface area (Å²) in [6.45, 7) is 8.01. The van der Waals surface area contributed by atoms with Crippen molar-refractivity contribution in [2.24, 2.45) is 0 Å². The standard InChI is InChI=1S/C30H24N2O2/c1-17-12-13-25-23(16-17)21-8-5-6-10-24(21)31(25)26-11-7-9-22-27(26)30(34)32(29(22)33)28-19(3)14-18(2)15-20(28)4/h5-16H,1-4H3.